The summed E-state index contributed by atoms with van der Waals surface area (Å²) in [5.74, 6) is 1.93. The van der Waals surface area contributed by atoms with Gasteiger partial charge in [0, 0.05) is 12.6 Å². The molecule has 1 unspecified atom stereocenters. The molecule has 1 aliphatic rings. The van der Waals surface area contributed by atoms with Gasteiger partial charge in [0.15, 0.2) is 0 Å². The van der Waals surface area contributed by atoms with Gasteiger partial charge in [-0.2, -0.15) is 4.99 Å². The third-order valence-electron chi connectivity index (χ3n) is 3.31. The summed E-state index contributed by atoms with van der Waals surface area (Å²) in [5, 5.41) is 0. The van der Waals surface area contributed by atoms with Crippen molar-refractivity contribution in [1.29, 1.82) is 0 Å². The second-order valence-corrected chi connectivity index (χ2v) is 5.41. The van der Waals surface area contributed by atoms with Crippen molar-refractivity contribution >= 4 is 11.9 Å². The molecule has 0 radical (unpaired) electrons. The van der Waals surface area contributed by atoms with Crippen LogP contribution < -0.4 is 15.2 Å². The molecule has 0 bridgehead atoms. The maximum absolute atomic E-state index is 12.0. The van der Waals surface area contributed by atoms with Crippen LogP contribution in [-0.4, -0.2) is 37.5 Å². The molecule has 0 saturated carbocycles. The van der Waals surface area contributed by atoms with Gasteiger partial charge in [0.2, 0.25) is 0 Å². The summed E-state index contributed by atoms with van der Waals surface area (Å²) in [7, 11) is 3.17. The van der Waals surface area contributed by atoms with E-state index in [-0.39, 0.29) is 12.1 Å². The molecule has 6 heteroatoms. The first-order valence-electron chi connectivity index (χ1n) is 6.84. The lowest BCUT2D eigenvalue weighted by atomic mass is 10.0. The van der Waals surface area contributed by atoms with Crippen molar-refractivity contribution in [2.75, 3.05) is 20.8 Å². The van der Waals surface area contributed by atoms with Crippen LogP contribution in [0.4, 0.5) is 4.79 Å². The fraction of sp³-hybridized carbons (Fsp3) is 0.467. The SMILES string of the molecule is COc1cc(OC)cc(C2C(N)=NC(=O)N2CC(C)C)c1. The number of amidine groups is 1. The van der Waals surface area contributed by atoms with E-state index >= 15 is 0 Å². The molecule has 1 aliphatic heterocycles. The van der Waals surface area contributed by atoms with Gasteiger partial charge in [0.25, 0.3) is 0 Å². The minimum atomic E-state index is -0.371. The molecular formula is C15H21N3O3. The summed E-state index contributed by atoms with van der Waals surface area (Å²) >= 11 is 0. The van der Waals surface area contributed by atoms with E-state index in [1.54, 1.807) is 25.2 Å². The van der Waals surface area contributed by atoms with Gasteiger partial charge in [-0.25, -0.2) is 4.79 Å². The van der Waals surface area contributed by atoms with Crippen molar-refractivity contribution in [1.82, 2.24) is 4.90 Å². The van der Waals surface area contributed by atoms with E-state index in [1.807, 2.05) is 26.0 Å². The monoisotopic (exact) mass is 291 g/mol. The number of rotatable bonds is 5. The summed E-state index contributed by atoms with van der Waals surface area (Å²) < 4.78 is 10.5. The number of hydrogen-bond donors (Lipinski definition) is 1. The number of aliphatic imine (C=N–C) groups is 1. The van der Waals surface area contributed by atoms with E-state index in [4.69, 9.17) is 15.2 Å². The molecule has 0 spiro atoms. The zero-order valence-corrected chi connectivity index (χ0v) is 12.8. The average Bonchev–Trinajstić information content (AvgIpc) is 2.72. The highest BCUT2D eigenvalue weighted by molar-refractivity contribution is 6.03. The minimum absolute atomic E-state index is 0.298. The van der Waals surface area contributed by atoms with Crippen LogP contribution in [0.2, 0.25) is 0 Å². The number of carbonyl (C=O) groups is 1. The number of urea groups is 1. The van der Waals surface area contributed by atoms with Crippen LogP contribution in [0, 0.1) is 5.92 Å². The largest absolute Gasteiger partial charge is 0.497 e. The highest BCUT2D eigenvalue weighted by Crippen LogP contribution is 2.33. The Hall–Kier alpha value is -2.24. The Morgan fingerprint density at radius 1 is 1.24 bits per heavy atom. The summed E-state index contributed by atoms with van der Waals surface area (Å²) in [5.41, 5.74) is 6.79. The van der Waals surface area contributed by atoms with Crippen LogP contribution in [0.3, 0.4) is 0 Å². The molecule has 0 aliphatic carbocycles. The van der Waals surface area contributed by atoms with E-state index in [9.17, 15) is 4.79 Å². The molecule has 0 fully saturated rings. The summed E-state index contributed by atoms with van der Waals surface area (Å²) in [4.78, 5) is 17.6. The van der Waals surface area contributed by atoms with Crippen molar-refractivity contribution in [3.8, 4) is 11.5 Å². The Balaban J connectivity index is 2.42. The summed E-state index contributed by atoms with van der Waals surface area (Å²) in [6.45, 7) is 4.68. The summed E-state index contributed by atoms with van der Waals surface area (Å²) in [6.07, 6.45) is 0. The Bertz CT molecular complexity index is 547. The van der Waals surface area contributed by atoms with Gasteiger partial charge in [0.1, 0.15) is 23.4 Å². The van der Waals surface area contributed by atoms with Crippen molar-refractivity contribution in [2.45, 2.75) is 19.9 Å². The first-order chi connectivity index (χ1) is 9.96. The van der Waals surface area contributed by atoms with Crippen LogP contribution in [0.15, 0.2) is 23.2 Å². The zero-order chi connectivity index (χ0) is 15.6. The number of benzene rings is 1. The van der Waals surface area contributed by atoms with Crippen molar-refractivity contribution < 1.29 is 14.3 Å². The number of nitrogens with two attached hydrogens (primary N) is 1. The molecule has 6 nitrogen and oxygen atoms in total. The highest BCUT2D eigenvalue weighted by atomic mass is 16.5. The second kappa shape index (κ2) is 6.03. The van der Waals surface area contributed by atoms with E-state index in [2.05, 4.69) is 4.99 Å². The Labute approximate surface area is 124 Å². The number of hydrogen-bond acceptors (Lipinski definition) is 4. The van der Waals surface area contributed by atoms with Crippen LogP contribution in [0.25, 0.3) is 0 Å². The molecule has 1 heterocycles. The second-order valence-electron chi connectivity index (χ2n) is 5.41. The number of ether oxygens (including phenoxy) is 2. The van der Waals surface area contributed by atoms with Gasteiger partial charge in [-0.1, -0.05) is 13.8 Å². The molecular weight excluding hydrogens is 270 g/mol. The van der Waals surface area contributed by atoms with E-state index < -0.39 is 0 Å². The molecule has 2 amide bonds. The lowest BCUT2D eigenvalue weighted by molar-refractivity contribution is 0.198. The fourth-order valence-corrected chi connectivity index (χ4v) is 2.42. The molecule has 1 aromatic carbocycles. The molecule has 2 rings (SSSR count). The van der Waals surface area contributed by atoms with Gasteiger partial charge >= 0.3 is 6.03 Å². The van der Waals surface area contributed by atoms with Gasteiger partial charge in [-0.15, -0.1) is 0 Å². The van der Waals surface area contributed by atoms with Crippen LogP contribution in [0.5, 0.6) is 11.5 Å². The normalized spacial score (nSPS) is 18.1. The minimum Gasteiger partial charge on any atom is -0.497 e. The number of nitrogens with zero attached hydrogens (tertiary/aromatic N) is 2. The molecule has 0 aromatic heterocycles. The highest BCUT2D eigenvalue weighted by Gasteiger charge is 2.35. The fourth-order valence-electron chi connectivity index (χ4n) is 2.42. The maximum atomic E-state index is 12.0. The van der Waals surface area contributed by atoms with Gasteiger partial charge in [-0.3, -0.25) is 0 Å². The summed E-state index contributed by atoms with van der Waals surface area (Å²) in [6, 6.07) is 4.81. The quantitative estimate of drug-likeness (QED) is 0.902. The third-order valence-corrected chi connectivity index (χ3v) is 3.31. The van der Waals surface area contributed by atoms with Crippen molar-refractivity contribution in [3.05, 3.63) is 23.8 Å². The van der Waals surface area contributed by atoms with Crippen molar-refractivity contribution in [3.63, 3.8) is 0 Å². The molecule has 21 heavy (non-hydrogen) atoms. The van der Waals surface area contributed by atoms with Crippen molar-refractivity contribution in [2.24, 2.45) is 16.6 Å². The molecule has 2 N–H and O–H groups in total. The first kappa shape index (κ1) is 15.2. The van der Waals surface area contributed by atoms with E-state index in [0.717, 1.165) is 5.56 Å². The van der Waals surface area contributed by atoms with Crippen LogP contribution >= 0.6 is 0 Å². The van der Waals surface area contributed by atoms with E-state index in [1.165, 1.54) is 0 Å². The third kappa shape index (κ3) is 3.09. The molecule has 114 valence electrons. The van der Waals surface area contributed by atoms with Gasteiger partial charge in [-0.05, 0) is 23.6 Å². The Kier molecular flexibility index (Phi) is 4.35. The van der Waals surface area contributed by atoms with Crippen LogP contribution in [0.1, 0.15) is 25.5 Å². The Morgan fingerprint density at radius 2 is 1.81 bits per heavy atom. The molecule has 1 atom stereocenters. The topological polar surface area (TPSA) is 77.1 Å². The smallest absolute Gasteiger partial charge is 0.346 e. The Morgan fingerprint density at radius 3 is 2.29 bits per heavy atom. The first-order valence-corrected chi connectivity index (χ1v) is 6.84. The lowest BCUT2D eigenvalue weighted by Crippen LogP contribution is -2.35. The lowest BCUT2D eigenvalue weighted by Gasteiger charge is -2.26. The van der Waals surface area contributed by atoms with Gasteiger partial charge < -0.3 is 20.1 Å². The number of methoxy groups -OCH3 is 2. The number of carbonyl (C=O) groups excluding carboxylic acids is 1. The maximum Gasteiger partial charge on any atom is 0.346 e. The van der Waals surface area contributed by atoms with Crippen LogP contribution in [-0.2, 0) is 0 Å². The van der Waals surface area contributed by atoms with Gasteiger partial charge in [0.05, 0.1) is 14.2 Å². The van der Waals surface area contributed by atoms with E-state index in [0.29, 0.717) is 29.8 Å². The molecule has 0 saturated heterocycles. The number of amides is 2. The predicted octanol–water partition coefficient (Wildman–Crippen LogP) is 2.19. The standard InChI is InChI=1S/C15H21N3O3/c1-9(2)8-18-13(14(16)17-15(18)19)10-5-11(20-3)7-12(6-10)21-4/h5-7,9,13H,8H2,1-4H3,(H2,16,17,19). The zero-order valence-electron chi connectivity index (χ0n) is 12.8. The molecule has 1 aromatic rings. The predicted molar refractivity (Wildman–Crippen MR) is 80.8 cm³/mol. The average molecular weight is 291 g/mol.